The molecular weight excluding hydrogens is 388 g/mol. The third-order valence-electron chi connectivity index (χ3n) is 4.29. The Kier molecular flexibility index (Phi) is 5.93. The molecule has 0 aromatic heterocycles. The maximum atomic E-state index is 12.5. The zero-order valence-corrected chi connectivity index (χ0v) is 18.4. The summed E-state index contributed by atoms with van der Waals surface area (Å²) in [5.41, 5.74) is 2.26. The van der Waals surface area contributed by atoms with Gasteiger partial charge < -0.3 is 4.74 Å². The van der Waals surface area contributed by atoms with E-state index in [1.54, 1.807) is 19.1 Å². The summed E-state index contributed by atoms with van der Waals surface area (Å²) in [6.45, 7) is 6.56. The number of thioether (sulfide) groups is 1. The lowest BCUT2D eigenvalue weighted by atomic mass is 9.87. The molecule has 2 aromatic rings. The minimum Gasteiger partial charge on any atom is -0.457 e. The average Bonchev–Trinajstić information content (AvgIpc) is 2.88. The third-order valence-corrected chi connectivity index (χ3v) is 5.57. The summed E-state index contributed by atoms with van der Waals surface area (Å²) in [6, 6.07) is 15.8. The molecule has 4 nitrogen and oxygen atoms in total. The van der Waals surface area contributed by atoms with Gasteiger partial charge in [-0.15, -0.1) is 0 Å². The maximum Gasteiger partial charge on any atom is 0.280 e. The van der Waals surface area contributed by atoms with Crippen molar-refractivity contribution >= 4 is 40.3 Å². The molecule has 0 bridgehead atoms. The van der Waals surface area contributed by atoms with E-state index in [9.17, 15) is 4.79 Å². The van der Waals surface area contributed by atoms with Gasteiger partial charge in [-0.05, 0) is 46.9 Å². The van der Waals surface area contributed by atoms with Crippen molar-refractivity contribution in [3.8, 4) is 11.5 Å². The van der Waals surface area contributed by atoms with E-state index in [0.717, 1.165) is 17.1 Å². The van der Waals surface area contributed by atoms with Crippen LogP contribution >= 0.6 is 24.0 Å². The summed E-state index contributed by atoms with van der Waals surface area (Å²) >= 11 is 6.60. The predicted octanol–water partition coefficient (Wildman–Crippen LogP) is 5.45. The maximum absolute atomic E-state index is 12.5. The minimum absolute atomic E-state index is 0.107. The fourth-order valence-electron chi connectivity index (χ4n) is 2.78. The van der Waals surface area contributed by atoms with E-state index in [2.05, 4.69) is 32.9 Å². The largest absolute Gasteiger partial charge is 0.457 e. The van der Waals surface area contributed by atoms with Crippen molar-refractivity contribution in [1.82, 2.24) is 10.0 Å². The van der Waals surface area contributed by atoms with Crippen molar-refractivity contribution in [2.75, 3.05) is 14.1 Å². The zero-order valence-electron chi connectivity index (χ0n) is 16.7. The number of rotatable bonds is 4. The van der Waals surface area contributed by atoms with E-state index < -0.39 is 0 Å². The Morgan fingerprint density at radius 1 is 1.07 bits per heavy atom. The molecule has 0 atom stereocenters. The highest BCUT2D eigenvalue weighted by atomic mass is 32.2. The monoisotopic (exact) mass is 412 g/mol. The molecule has 1 amide bonds. The van der Waals surface area contributed by atoms with Crippen LogP contribution in [0.5, 0.6) is 11.5 Å². The standard InChI is InChI=1S/C22H24N2O2S2/c1-22(2,3)16-9-11-17(12-10-16)26-18-8-6-7-15(13-18)14-19-20(25)24(23(4)5)21(27)28-19/h6-14H,1-5H3/b19-14-. The van der Waals surface area contributed by atoms with Gasteiger partial charge in [-0.3, -0.25) is 4.79 Å². The smallest absolute Gasteiger partial charge is 0.280 e. The van der Waals surface area contributed by atoms with E-state index >= 15 is 0 Å². The number of carbonyl (C=O) groups excluding carboxylic acids is 1. The van der Waals surface area contributed by atoms with Gasteiger partial charge >= 0.3 is 0 Å². The predicted molar refractivity (Wildman–Crippen MR) is 120 cm³/mol. The van der Waals surface area contributed by atoms with Crippen molar-refractivity contribution in [2.45, 2.75) is 26.2 Å². The van der Waals surface area contributed by atoms with Gasteiger partial charge in [0.15, 0.2) is 4.32 Å². The van der Waals surface area contributed by atoms with Crippen LogP contribution in [0.15, 0.2) is 53.4 Å². The van der Waals surface area contributed by atoms with E-state index in [0.29, 0.717) is 9.23 Å². The fourth-order valence-corrected chi connectivity index (χ4v) is 4.19. The van der Waals surface area contributed by atoms with Crippen molar-refractivity contribution in [2.24, 2.45) is 0 Å². The van der Waals surface area contributed by atoms with E-state index in [4.69, 9.17) is 17.0 Å². The Morgan fingerprint density at radius 3 is 2.32 bits per heavy atom. The molecular formula is C22H24N2O2S2. The van der Waals surface area contributed by atoms with E-state index in [1.165, 1.54) is 22.3 Å². The Hall–Kier alpha value is -2.15. The first-order valence-corrected chi connectivity index (χ1v) is 10.2. The number of hydrazine groups is 1. The van der Waals surface area contributed by atoms with Gasteiger partial charge in [0.1, 0.15) is 11.5 Å². The topological polar surface area (TPSA) is 32.8 Å². The summed E-state index contributed by atoms with van der Waals surface area (Å²) < 4.78 is 6.53. The molecule has 0 aliphatic carbocycles. The number of carbonyl (C=O) groups is 1. The number of ether oxygens (including phenoxy) is 1. The molecule has 0 radical (unpaired) electrons. The summed E-state index contributed by atoms with van der Waals surface area (Å²) in [5.74, 6) is 1.40. The van der Waals surface area contributed by atoms with Crippen LogP contribution in [-0.4, -0.2) is 34.3 Å². The summed E-state index contributed by atoms with van der Waals surface area (Å²) in [5, 5.41) is 3.18. The Morgan fingerprint density at radius 2 is 1.75 bits per heavy atom. The molecule has 0 unspecified atom stereocenters. The number of amides is 1. The second kappa shape index (κ2) is 8.07. The molecule has 2 aromatic carbocycles. The van der Waals surface area contributed by atoms with Gasteiger partial charge in [0, 0.05) is 14.1 Å². The van der Waals surface area contributed by atoms with Crippen molar-refractivity contribution in [3.05, 3.63) is 64.6 Å². The highest BCUT2D eigenvalue weighted by Gasteiger charge is 2.33. The average molecular weight is 413 g/mol. The second-order valence-electron chi connectivity index (χ2n) is 7.79. The molecule has 0 spiro atoms. The Labute approximate surface area is 176 Å². The Balaban J connectivity index is 1.78. The molecule has 6 heteroatoms. The normalized spacial score (nSPS) is 16.4. The van der Waals surface area contributed by atoms with Crippen molar-refractivity contribution in [3.63, 3.8) is 0 Å². The first-order chi connectivity index (χ1) is 13.1. The molecule has 1 aliphatic rings. The van der Waals surface area contributed by atoms with Gasteiger partial charge in [0.2, 0.25) is 0 Å². The number of hydrogen-bond acceptors (Lipinski definition) is 5. The van der Waals surface area contributed by atoms with Gasteiger partial charge in [-0.25, -0.2) is 10.0 Å². The number of thiocarbonyl (C=S) groups is 1. The van der Waals surface area contributed by atoms with Crippen LogP contribution in [0.2, 0.25) is 0 Å². The minimum atomic E-state index is -0.107. The molecule has 1 heterocycles. The van der Waals surface area contributed by atoms with Crippen LogP contribution in [0.4, 0.5) is 0 Å². The second-order valence-corrected chi connectivity index (χ2v) is 9.47. The van der Waals surface area contributed by atoms with Gasteiger partial charge in [-0.2, -0.15) is 0 Å². The van der Waals surface area contributed by atoms with Gasteiger partial charge in [0.25, 0.3) is 5.91 Å². The Bertz CT molecular complexity index is 928. The van der Waals surface area contributed by atoms with Crippen LogP contribution in [0, 0.1) is 0 Å². The van der Waals surface area contributed by atoms with Crippen LogP contribution in [-0.2, 0) is 10.2 Å². The molecule has 146 valence electrons. The number of nitrogens with zero attached hydrogens (tertiary/aromatic N) is 2. The lowest BCUT2D eigenvalue weighted by molar-refractivity contribution is -0.130. The van der Waals surface area contributed by atoms with Crippen LogP contribution in [0.1, 0.15) is 31.9 Å². The summed E-state index contributed by atoms with van der Waals surface area (Å²) in [7, 11) is 3.60. The highest BCUT2D eigenvalue weighted by Crippen LogP contribution is 2.34. The third kappa shape index (κ3) is 4.63. The first kappa shape index (κ1) is 20.6. The van der Waals surface area contributed by atoms with Crippen molar-refractivity contribution < 1.29 is 9.53 Å². The van der Waals surface area contributed by atoms with Crippen LogP contribution in [0.3, 0.4) is 0 Å². The molecule has 3 rings (SSSR count). The molecule has 1 fully saturated rings. The lowest BCUT2D eigenvalue weighted by Gasteiger charge is -2.21. The van der Waals surface area contributed by atoms with E-state index in [-0.39, 0.29) is 11.3 Å². The zero-order chi connectivity index (χ0) is 20.5. The highest BCUT2D eigenvalue weighted by molar-refractivity contribution is 8.26. The molecule has 28 heavy (non-hydrogen) atoms. The fraction of sp³-hybridized carbons (Fsp3) is 0.273. The van der Waals surface area contributed by atoms with Crippen LogP contribution in [0.25, 0.3) is 6.08 Å². The van der Waals surface area contributed by atoms with E-state index in [1.807, 2.05) is 42.5 Å². The van der Waals surface area contributed by atoms with Gasteiger partial charge in [0.05, 0.1) is 4.91 Å². The van der Waals surface area contributed by atoms with Crippen molar-refractivity contribution in [1.29, 1.82) is 0 Å². The summed E-state index contributed by atoms with van der Waals surface area (Å²) in [4.78, 5) is 13.1. The lowest BCUT2D eigenvalue weighted by Crippen LogP contribution is -2.39. The van der Waals surface area contributed by atoms with Crippen LogP contribution < -0.4 is 4.74 Å². The molecule has 0 saturated carbocycles. The molecule has 1 saturated heterocycles. The number of hydrogen-bond donors (Lipinski definition) is 0. The molecule has 1 aliphatic heterocycles. The quantitative estimate of drug-likeness (QED) is 0.492. The molecule has 0 N–H and O–H groups in total. The number of benzene rings is 2. The first-order valence-electron chi connectivity index (χ1n) is 8.99. The SMILES string of the molecule is CN(C)N1C(=O)/C(=C/c2cccc(Oc3ccc(C(C)(C)C)cc3)c2)SC1=S. The van der Waals surface area contributed by atoms with Gasteiger partial charge in [-0.1, -0.05) is 69.0 Å². The summed E-state index contributed by atoms with van der Waals surface area (Å²) in [6.07, 6.45) is 1.85.